The van der Waals surface area contributed by atoms with E-state index in [1.807, 2.05) is 0 Å². The van der Waals surface area contributed by atoms with Crippen LogP contribution < -0.4 is 4.74 Å². The van der Waals surface area contributed by atoms with Crippen molar-refractivity contribution in [1.82, 2.24) is 0 Å². The van der Waals surface area contributed by atoms with E-state index in [1.165, 1.54) is 17.7 Å². The first-order valence-electron chi connectivity index (χ1n) is 6.56. The highest BCUT2D eigenvalue weighted by Gasteiger charge is 2.31. The summed E-state index contributed by atoms with van der Waals surface area (Å²) in [6.07, 6.45) is 2.61. The molecule has 1 aromatic carbocycles. The van der Waals surface area contributed by atoms with E-state index in [2.05, 4.69) is 17.7 Å². The molecule has 1 nitrogen and oxygen atoms in total. The molecule has 0 aromatic heterocycles. The molecular formula is C15H17F3O. The lowest BCUT2D eigenvalue weighted by molar-refractivity contribution is -0.274. The van der Waals surface area contributed by atoms with Crippen molar-refractivity contribution in [2.45, 2.75) is 45.4 Å². The first-order valence-corrected chi connectivity index (χ1v) is 6.56. The number of ether oxygens (including phenoxy) is 1. The van der Waals surface area contributed by atoms with Gasteiger partial charge in [0, 0.05) is 0 Å². The first-order chi connectivity index (χ1) is 8.98. The lowest BCUT2D eigenvalue weighted by Crippen LogP contribution is -2.17. The summed E-state index contributed by atoms with van der Waals surface area (Å²) in [5, 5.41) is 0. The quantitative estimate of drug-likeness (QED) is 0.739. The van der Waals surface area contributed by atoms with Gasteiger partial charge in [-0.2, -0.15) is 0 Å². The van der Waals surface area contributed by atoms with Crippen LogP contribution in [0.25, 0.3) is 6.08 Å². The molecule has 0 N–H and O–H groups in total. The number of rotatable bonds is 4. The summed E-state index contributed by atoms with van der Waals surface area (Å²) in [5.74, 6) is -0.128. The second-order valence-electron chi connectivity index (χ2n) is 4.81. The Morgan fingerprint density at radius 1 is 1.21 bits per heavy atom. The molecule has 1 aromatic rings. The van der Waals surface area contributed by atoms with E-state index < -0.39 is 6.36 Å². The fraction of sp³-hybridized carbons (Fsp3) is 0.467. The van der Waals surface area contributed by atoms with Crippen molar-refractivity contribution in [2.75, 3.05) is 0 Å². The van der Waals surface area contributed by atoms with E-state index in [1.54, 1.807) is 6.07 Å². The van der Waals surface area contributed by atoms with Crippen LogP contribution in [0.4, 0.5) is 13.2 Å². The van der Waals surface area contributed by atoms with E-state index in [-0.39, 0.29) is 5.75 Å². The highest BCUT2D eigenvalue weighted by atomic mass is 19.4. The van der Waals surface area contributed by atoms with Gasteiger partial charge in [-0.15, -0.1) is 13.2 Å². The van der Waals surface area contributed by atoms with Gasteiger partial charge in [0.05, 0.1) is 0 Å². The molecule has 4 heteroatoms. The molecule has 0 saturated carbocycles. The highest BCUT2D eigenvalue weighted by molar-refractivity contribution is 5.60. The Labute approximate surface area is 111 Å². The molecule has 0 radical (unpaired) electrons. The minimum Gasteiger partial charge on any atom is -0.406 e. The predicted octanol–water partition coefficient (Wildman–Crippen LogP) is 5.11. The van der Waals surface area contributed by atoms with E-state index in [9.17, 15) is 13.2 Å². The molecule has 0 fully saturated rings. The standard InChI is InChI=1S/C15H17F3O/c1-2-3-4-11-5-6-13-10-14(19-15(16,17)18)8-7-12(13)9-11/h7-10H,2-6H2,1H3. The topological polar surface area (TPSA) is 9.23 Å². The molecular weight excluding hydrogens is 253 g/mol. The third-order valence-electron chi connectivity index (χ3n) is 3.27. The first kappa shape index (κ1) is 14.0. The normalized spacial score (nSPS) is 14.8. The molecule has 0 amide bonds. The summed E-state index contributed by atoms with van der Waals surface area (Å²) >= 11 is 0. The van der Waals surface area contributed by atoms with E-state index >= 15 is 0 Å². The molecule has 0 heterocycles. The van der Waals surface area contributed by atoms with Crippen LogP contribution in [0, 0.1) is 0 Å². The van der Waals surface area contributed by atoms with Gasteiger partial charge in [-0.25, -0.2) is 0 Å². The van der Waals surface area contributed by atoms with Crippen LogP contribution in [0.5, 0.6) is 5.75 Å². The largest absolute Gasteiger partial charge is 0.573 e. The SMILES string of the molecule is CCCCC1=Cc2ccc(OC(F)(F)F)cc2CC1. The third kappa shape index (κ3) is 4.01. The summed E-state index contributed by atoms with van der Waals surface area (Å²) in [5.41, 5.74) is 3.34. The van der Waals surface area contributed by atoms with Crippen molar-refractivity contribution in [3.05, 3.63) is 34.9 Å². The number of hydrogen-bond donors (Lipinski definition) is 0. The minimum absolute atomic E-state index is 0.128. The molecule has 19 heavy (non-hydrogen) atoms. The van der Waals surface area contributed by atoms with Crippen LogP contribution in [0.3, 0.4) is 0 Å². The molecule has 0 atom stereocenters. The zero-order chi connectivity index (χ0) is 13.9. The van der Waals surface area contributed by atoms with Crippen LogP contribution >= 0.6 is 0 Å². The van der Waals surface area contributed by atoms with Gasteiger partial charge in [0.1, 0.15) is 5.75 Å². The number of alkyl halides is 3. The lowest BCUT2D eigenvalue weighted by Gasteiger charge is -2.18. The maximum Gasteiger partial charge on any atom is 0.573 e. The Morgan fingerprint density at radius 2 is 2.00 bits per heavy atom. The number of fused-ring (bicyclic) bond motifs is 1. The van der Waals surface area contributed by atoms with Gasteiger partial charge >= 0.3 is 6.36 Å². The summed E-state index contributed by atoms with van der Waals surface area (Å²) in [6.45, 7) is 2.15. The van der Waals surface area contributed by atoms with Gasteiger partial charge in [0.15, 0.2) is 0 Å². The monoisotopic (exact) mass is 270 g/mol. The number of benzene rings is 1. The molecule has 1 aliphatic carbocycles. The van der Waals surface area contributed by atoms with Crippen molar-refractivity contribution in [3.63, 3.8) is 0 Å². The van der Waals surface area contributed by atoms with Gasteiger partial charge < -0.3 is 4.74 Å². The molecule has 0 spiro atoms. The van der Waals surface area contributed by atoms with Crippen molar-refractivity contribution in [3.8, 4) is 5.75 Å². The Kier molecular flexibility index (Phi) is 4.17. The molecule has 0 aliphatic heterocycles. The zero-order valence-electron chi connectivity index (χ0n) is 10.9. The second-order valence-corrected chi connectivity index (χ2v) is 4.81. The smallest absolute Gasteiger partial charge is 0.406 e. The van der Waals surface area contributed by atoms with E-state index in [4.69, 9.17) is 0 Å². The molecule has 0 saturated heterocycles. The maximum absolute atomic E-state index is 12.1. The maximum atomic E-state index is 12.1. The lowest BCUT2D eigenvalue weighted by atomic mass is 9.90. The molecule has 0 bridgehead atoms. The van der Waals surface area contributed by atoms with Crippen molar-refractivity contribution < 1.29 is 17.9 Å². The summed E-state index contributed by atoms with van der Waals surface area (Å²) in [4.78, 5) is 0. The molecule has 0 unspecified atom stereocenters. The number of unbranched alkanes of at least 4 members (excludes halogenated alkanes) is 1. The fourth-order valence-electron chi connectivity index (χ4n) is 2.32. The Balaban J connectivity index is 2.13. The second kappa shape index (κ2) is 5.68. The summed E-state index contributed by atoms with van der Waals surface area (Å²) in [7, 11) is 0. The van der Waals surface area contributed by atoms with E-state index in [0.717, 1.165) is 43.2 Å². The number of aryl methyl sites for hydroxylation is 1. The predicted molar refractivity (Wildman–Crippen MR) is 68.9 cm³/mol. The van der Waals surface area contributed by atoms with Gasteiger partial charge in [0.2, 0.25) is 0 Å². The van der Waals surface area contributed by atoms with Crippen LogP contribution in [0.15, 0.2) is 23.8 Å². The van der Waals surface area contributed by atoms with Crippen LogP contribution in [0.1, 0.15) is 43.7 Å². The molecule has 2 rings (SSSR count). The third-order valence-corrected chi connectivity index (χ3v) is 3.27. The van der Waals surface area contributed by atoms with E-state index in [0.29, 0.717) is 0 Å². The minimum atomic E-state index is -4.62. The van der Waals surface area contributed by atoms with Gasteiger partial charge in [0.25, 0.3) is 0 Å². The highest BCUT2D eigenvalue weighted by Crippen LogP contribution is 2.31. The number of halogens is 3. The van der Waals surface area contributed by atoms with Gasteiger partial charge in [-0.05, 0) is 48.9 Å². The van der Waals surface area contributed by atoms with Gasteiger partial charge in [-0.3, -0.25) is 0 Å². The van der Waals surface area contributed by atoms with Crippen LogP contribution in [-0.2, 0) is 6.42 Å². The zero-order valence-corrected chi connectivity index (χ0v) is 10.9. The Morgan fingerprint density at radius 3 is 2.68 bits per heavy atom. The average molecular weight is 270 g/mol. The fourth-order valence-corrected chi connectivity index (χ4v) is 2.32. The Bertz CT molecular complexity index is 475. The van der Waals surface area contributed by atoms with Crippen molar-refractivity contribution >= 4 is 6.08 Å². The van der Waals surface area contributed by atoms with Crippen LogP contribution in [-0.4, -0.2) is 6.36 Å². The van der Waals surface area contributed by atoms with Crippen molar-refractivity contribution in [2.24, 2.45) is 0 Å². The van der Waals surface area contributed by atoms with Crippen molar-refractivity contribution in [1.29, 1.82) is 0 Å². The van der Waals surface area contributed by atoms with Crippen LogP contribution in [0.2, 0.25) is 0 Å². The summed E-state index contributed by atoms with van der Waals surface area (Å²) in [6, 6.07) is 4.59. The summed E-state index contributed by atoms with van der Waals surface area (Å²) < 4.78 is 40.4. The average Bonchev–Trinajstić information content (AvgIpc) is 2.34. The number of hydrogen-bond acceptors (Lipinski definition) is 1. The molecule has 1 aliphatic rings. The van der Waals surface area contributed by atoms with Gasteiger partial charge in [-0.1, -0.05) is 31.1 Å². The Hall–Kier alpha value is -1.45. The molecule has 104 valence electrons. The number of allylic oxidation sites excluding steroid dienone is 1.